The number of rotatable bonds is 1. The topological polar surface area (TPSA) is 3.01 Å². The predicted molar refractivity (Wildman–Crippen MR) is 58.5 cm³/mol. The maximum atomic E-state index is 3.43. The molecule has 0 amide bonds. The van der Waals surface area contributed by atoms with Crippen molar-refractivity contribution in [3.8, 4) is 0 Å². The second-order valence-electron chi connectivity index (χ2n) is 3.42. The zero-order chi connectivity index (χ0) is 9.10. The lowest BCUT2D eigenvalue weighted by molar-refractivity contribution is -0.500. The summed E-state index contributed by atoms with van der Waals surface area (Å²) >= 11 is 3.43. The Labute approximate surface area is 99.4 Å². The minimum atomic E-state index is 0. The van der Waals surface area contributed by atoms with E-state index in [0.29, 0.717) is 0 Å². The van der Waals surface area contributed by atoms with Gasteiger partial charge in [-0.15, -0.1) is 0 Å². The molecule has 0 bridgehead atoms. The number of nitrogens with zero attached hydrogens (tertiary/aromatic N) is 1. The number of halogens is 2. The van der Waals surface area contributed by atoms with Gasteiger partial charge in [-0.05, 0) is 24.3 Å². The highest BCUT2D eigenvalue weighted by molar-refractivity contribution is 9.10. The van der Waals surface area contributed by atoms with Gasteiger partial charge < -0.3 is 12.4 Å². The van der Waals surface area contributed by atoms with Gasteiger partial charge in [0, 0.05) is 22.9 Å². The molecule has 1 aliphatic heterocycles. The molecule has 0 unspecified atom stereocenters. The molecule has 0 N–H and O–H groups in total. The average molecular weight is 275 g/mol. The lowest BCUT2D eigenvalue weighted by Crippen LogP contribution is -3.00. The molecule has 1 nitrogen and oxygen atoms in total. The van der Waals surface area contributed by atoms with Crippen LogP contribution in [0.25, 0.3) is 0 Å². The first-order chi connectivity index (χ1) is 6.34. The summed E-state index contributed by atoms with van der Waals surface area (Å²) in [7, 11) is 0. The fourth-order valence-electron chi connectivity index (χ4n) is 1.63. The molecule has 0 aliphatic carbocycles. The third kappa shape index (κ3) is 3.10. The molecule has 1 saturated heterocycles. The summed E-state index contributed by atoms with van der Waals surface area (Å²) in [5.41, 5.74) is 1.30. The Kier molecular flexibility index (Phi) is 4.63. The van der Waals surface area contributed by atoms with E-state index in [1.165, 1.54) is 31.5 Å². The van der Waals surface area contributed by atoms with Crippen LogP contribution < -0.4 is 12.4 Å². The summed E-state index contributed by atoms with van der Waals surface area (Å²) in [6.07, 6.45) is 4.93. The van der Waals surface area contributed by atoms with Crippen LogP contribution in [0.15, 0.2) is 28.7 Å². The largest absolute Gasteiger partial charge is 1.00 e. The first kappa shape index (κ1) is 11.7. The molecule has 0 spiro atoms. The Hall–Kier alpha value is -0.340. The maximum Gasteiger partial charge on any atom is 0.170 e. The monoisotopic (exact) mass is 273 g/mol. The van der Waals surface area contributed by atoms with E-state index in [1.807, 2.05) is 0 Å². The number of hydrogen-bond donors (Lipinski definition) is 0. The van der Waals surface area contributed by atoms with Gasteiger partial charge in [0.2, 0.25) is 0 Å². The Morgan fingerprint density at radius 1 is 1.07 bits per heavy atom. The van der Waals surface area contributed by atoms with Crippen molar-refractivity contribution in [2.45, 2.75) is 12.8 Å². The van der Waals surface area contributed by atoms with Crippen LogP contribution in [-0.4, -0.2) is 23.9 Å². The summed E-state index contributed by atoms with van der Waals surface area (Å²) in [6, 6.07) is 8.45. The van der Waals surface area contributed by atoms with Crippen molar-refractivity contribution in [1.29, 1.82) is 0 Å². The summed E-state index contributed by atoms with van der Waals surface area (Å²) in [5, 5.41) is 0. The fourth-order valence-corrected chi connectivity index (χ4v) is 1.89. The molecule has 3 heteroatoms. The van der Waals surface area contributed by atoms with Gasteiger partial charge in [0.15, 0.2) is 6.21 Å². The van der Waals surface area contributed by atoms with Crippen molar-refractivity contribution < 1.29 is 17.0 Å². The molecule has 2 rings (SSSR count). The van der Waals surface area contributed by atoms with Crippen LogP contribution in [0.4, 0.5) is 0 Å². The van der Waals surface area contributed by atoms with Crippen LogP contribution in [0, 0.1) is 0 Å². The lowest BCUT2D eigenvalue weighted by atomic mass is 10.2. The van der Waals surface area contributed by atoms with Crippen molar-refractivity contribution in [3.63, 3.8) is 0 Å². The van der Waals surface area contributed by atoms with E-state index in [-0.39, 0.29) is 12.4 Å². The molecular weight excluding hydrogens is 261 g/mol. The van der Waals surface area contributed by atoms with Gasteiger partial charge in [-0.2, -0.15) is 0 Å². The van der Waals surface area contributed by atoms with E-state index in [2.05, 4.69) is 51.0 Å². The number of benzene rings is 1. The highest BCUT2D eigenvalue weighted by Crippen LogP contribution is 2.09. The van der Waals surface area contributed by atoms with Crippen LogP contribution >= 0.6 is 15.9 Å². The van der Waals surface area contributed by atoms with Gasteiger partial charge >= 0.3 is 0 Å². The summed E-state index contributed by atoms with van der Waals surface area (Å²) in [5.74, 6) is 0. The Balaban J connectivity index is 0.000000980. The quantitative estimate of drug-likeness (QED) is 0.618. The van der Waals surface area contributed by atoms with Crippen LogP contribution in [0.1, 0.15) is 18.4 Å². The van der Waals surface area contributed by atoms with Gasteiger partial charge in [0.1, 0.15) is 13.1 Å². The van der Waals surface area contributed by atoms with E-state index < -0.39 is 0 Å². The molecule has 1 aromatic rings. The van der Waals surface area contributed by atoms with E-state index >= 15 is 0 Å². The van der Waals surface area contributed by atoms with Crippen LogP contribution in [0.3, 0.4) is 0 Å². The van der Waals surface area contributed by atoms with Gasteiger partial charge in [-0.25, -0.2) is 4.58 Å². The molecule has 1 heterocycles. The molecule has 0 aromatic heterocycles. The summed E-state index contributed by atoms with van der Waals surface area (Å²) in [4.78, 5) is 0. The predicted octanol–water partition coefficient (Wildman–Crippen LogP) is -0.322. The average Bonchev–Trinajstić information content (AvgIpc) is 2.62. The van der Waals surface area contributed by atoms with Crippen LogP contribution in [-0.2, 0) is 0 Å². The zero-order valence-electron chi connectivity index (χ0n) is 7.92. The first-order valence-corrected chi connectivity index (χ1v) is 5.48. The van der Waals surface area contributed by atoms with Gasteiger partial charge in [-0.3, -0.25) is 0 Å². The van der Waals surface area contributed by atoms with E-state index in [1.54, 1.807) is 0 Å². The minimum absolute atomic E-state index is 0. The van der Waals surface area contributed by atoms with Crippen LogP contribution in [0.2, 0.25) is 0 Å². The van der Waals surface area contributed by atoms with Gasteiger partial charge in [0.05, 0.1) is 0 Å². The van der Waals surface area contributed by atoms with E-state index in [4.69, 9.17) is 0 Å². The molecule has 1 fully saturated rings. The van der Waals surface area contributed by atoms with Gasteiger partial charge in [-0.1, -0.05) is 15.9 Å². The molecule has 1 aromatic carbocycles. The second-order valence-corrected chi connectivity index (χ2v) is 4.34. The fraction of sp³-hybridized carbons (Fsp3) is 0.364. The van der Waals surface area contributed by atoms with E-state index in [9.17, 15) is 0 Å². The first-order valence-electron chi connectivity index (χ1n) is 4.69. The summed E-state index contributed by atoms with van der Waals surface area (Å²) < 4.78 is 3.54. The Morgan fingerprint density at radius 2 is 1.64 bits per heavy atom. The molecular formula is C11H13BrClN. The minimum Gasteiger partial charge on any atom is -1.00 e. The maximum absolute atomic E-state index is 3.43. The second kappa shape index (κ2) is 5.52. The Morgan fingerprint density at radius 3 is 2.21 bits per heavy atom. The molecule has 0 saturated carbocycles. The van der Waals surface area contributed by atoms with Crippen molar-refractivity contribution >= 4 is 22.1 Å². The van der Waals surface area contributed by atoms with Crippen LogP contribution in [0.5, 0.6) is 0 Å². The highest BCUT2D eigenvalue weighted by Gasteiger charge is 2.11. The zero-order valence-corrected chi connectivity index (χ0v) is 10.3. The normalized spacial score (nSPS) is 15.1. The van der Waals surface area contributed by atoms with E-state index in [0.717, 1.165) is 4.47 Å². The molecule has 0 radical (unpaired) electrons. The molecule has 1 aliphatic rings. The summed E-state index contributed by atoms with van der Waals surface area (Å²) in [6.45, 7) is 2.44. The lowest BCUT2D eigenvalue weighted by Gasteiger charge is -1.93. The van der Waals surface area contributed by atoms with Crippen molar-refractivity contribution in [2.24, 2.45) is 0 Å². The SMILES string of the molecule is Brc1ccc(C=[N+]2CCCC2)cc1.[Cl-]. The third-order valence-corrected chi connectivity index (χ3v) is 2.87. The van der Waals surface area contributed by atoms with Crippen molar-refractivity contribution in [1.82, 2.24) is 0 Å². The van der Waals surface area contributed by atoms with Gasteiger partial charge in [0.25, 0.3) is 0 Å². The molecule has 14 heavy (non-hydrogen) atoms. The third-order valence-electron chi connectivity index (χ3n) is 2.34. The van der Waals surface area contributed by atoms with Crippen molar-refractivity contribution in [3.05, 3.63) is 34.3 Å². The van der Waals surface area contributed by atoms with Crippen molar-refractivity contribution in [2.75, 3.05) is 13.1 Å². The smallest absolute Gasteiger partial charge is 0.170 e. The molecule has 76 valence electrons. The number of hydrogen-bond acceptors (Lipinski definition) is 0. The highest BCUT2D eigenvalue weighted by atomic mass is 79.9. The Bertz CT molecular complexity index is 311. The molecule has 0 atom stereocenters. The standard InChI is InChI=1S/C11H13BrN.ClH/c12-11-5-3-10(4-6-11)9-13-7-1-2-8-13;/h3-6,9H,1-2,7-8H2;1H/q+1;/p-1.